The number of hydrogen-bond acceptors (Lipinski definition) is 7. The molecule has 164 valence electrons. The van der Waals surface area contributed by atoms with Gasteiger partial charge in [-0.05, 0) is 36.4 Å². The molecule has 1 amide bonds. The zero-order valence-electron chi connectivity index (χ0n) is 16.9. The maximum Gasteiger partial charge on any atom is 0.265 e. The molecular weight excluding hydrogens is 454 g/mol. The fraction of sp³-hybridized carbons (Fsp3) is 0.429. The molecule has 0 spiro atoms. The number of piperidine rings is 1. The zero-order valence-corrected chi connectivity index (χ0v) is 19.3. The molecule has 0 aliphatic carbocycles. The summed E-state index contributed by atoms with van der Waals surface area (Å²) in [6, 6.07) is 9.20. The molecule has 10 heteroatoms. The van der Waals surface area contributed by atoms with Crippen LogP contribution in [-0.4, -0.2) is 66.2 Å². The molecule has 1 aromatic carbocycles. The van der Waals surface area contributed by atoms with Crippen LogP contribution in [0.4, 0.5) is 0 Å². The van der Waals surface area contributed by atoms with Gasteiger partial charge in [-0.15, -0.1) is 11.3 Å². The number of fused-ring (bicyclic) bond motifs is 1. The molecule has 5 rings (SSSR count). The second-order valence-electron chi connectivity index (χ2n) is 7.74. The van der Waals surface area contributed by atoms with Crippen molar-refractivity contribution in [3.63, 3.8) is 0 Å². The number of para-hydroxylation sites is 2. The van der Waals surface area contributed by atoms with Gasteiger partial charge in [-0.3, -0.25) is 4.79 Å². The summed E-state index contributed by atoms with van der Waals surface area (Å²) in [5, 5.41) is 1.70. The summed E-state index contributed by atoms with van der Waals surface area (Å²) in [6.07, 6.45) is 1.71. The molecule has 2 aromatic heterocycles. The van der Waals surface area contributed by atoms with Gasteiger partial charge in [0, 0.05) is 37.7 Å². The molecule has 7 nitrogen and oxygen atoms in total. The highest BCUT2D eigenvalue weighted by atomic mass is 32.2. The van der Waals surface area contributed by atoms with E-state index < -0.39 is 10.0 Å². The molecule has 0 radical (unpaired) electrons. The van der Waals surface area contributed by atoms with Crippen LogP contribution < -0.4 is 0 Å². The van der Waals surface area contributed by atoms with Crippen molar-refractivity contribution in [3.8, 4) is 0 Å². The van der Waals surface area contributed by atoms with Crippen LogP contribution in [0.15, 0.2) is 45.0 Å². The van der Waals surface area contributed by atoms with Gasteiger partial charge in [-0.1, -0.05) is 12.1 Å². The summed E-state index contributed by atoms with van der Waals surface area (Å²) < 4.78 is 33.8. The van der Waals surface area contributed by atoms with Crippen LogP contribution in [0.1, 0.15) is 34.3 Å². The molecule has 3 aromatic rings. The number of oxazole rings is 1. The van der Waals surface area contributed by atoms with E-state index in [1.807, 2.05) is 24.3 Å². The first-order valence-corrected chi connectivity index (χ1v) is 13.8. The van der Waals surface area contributed by atoms with Crippen molar-refractivity contribution in [3.05, 3.63) is 46.5 Å². The minimum absolute atomic E-state index is 0.00392. The minimum atomic E-state index is -3.66. The van der Waals surface area contributed by atoms with Crippen molar-refractivity contribution in [1.82, 2.24) is 14.2 Å². The number of aromatic nitrogens is 1. The van der Waals surface area contributed by atoms with Crippen LogP contribution in [0, 0.1) is 0 Å². The second-order valence-corrected chi connectivity index (χ2v) is 11.8. The Kier molecular flexibility index (Phi) is 5.80. The number of amides is 1. The van der Waals surface area contributed by atoms with Crippen molar-refractivity contribution >= 4 is 50.1 Å². The van der Waals surface area contributed by atoms with Gasteiger partial charge in [0.2, 0.25) is 10.0 Å². The Labute approximate surface area is 189 Å². The molecule has 0 bridgehead atoms. The number of nitrogens with zero attached hydrogens (tertiary/aromatic N) is 3. The molecule has 4 heterocycles. The fourth-order valence-electron chi connectivity index (χ4n) is 4.15. The highest BCUT2D eigenvalue weighted by Crippen LogP contribution is 2.32. The Morgan fingerprint density at radius 2 is 1.94 bits per heavy atom. The van der Waals surface area contributed by atoms with E-state index in [-0.39, 0.29) is 16.7 Å². The quantitative estimate of drug-likeness (QED) is 0.570. The maximum atomic E-state index is 13.4. The third kappa shape index (κ3) is 4.02. The van der Waals surface area contributed by atoms with Gasteiger partial charge in [0.05, 0.1) is 5.92 Å². The van der Waals surface area contributed by atoms with Gasteiger partial charge in [-0.2, -0.15) is 16.1 Å². The molecule has 1 atom stereocenters. The van der Waals surface area contributed by atoms with E-state index in [1.54, 1.807) is 28.1 Å². The lowest BCUT2D eigenvalue weighted by Gasteiger charge is -2.31. The summed E-state index contributed by atoms with van der Waals surface area (Å²) in [6.45, 7) is 2.05. The van der Waals surface area contributed by atoms with E-state index in [0.717, 1.165) is 35.4 Å². The Hall–Kier alpha value is -1.88. The van der Waals surface area contributed by atoms with E-state index in [1.165, 1.54) is 15.6 Å². The predicted octanol–water partition coefficient (Wildman–Crippen LogP) is 3.65. The van der Waals surface area contributed by atoms with E-state index in [9.17, 15) is 13.2 Å². The van der Waals surface area contributed by atoms with Crippen LogP contribution in [-0.2, 0) is 10.0 Å². The molecule has 2 saturated heterocycles. The lowest BCUT2D eigenvalue weighted by Crippen LogP contribution is -2.41. The Morgan fingerprint density at radius 3 is 2.74 bits per heavy atom. The number of hydrogen-bond donors (Lipinski definition) is 0. The first-order chi connectivity index (χ1) is 15.0. The highest BCUT2D eigenvalue weighted by molar-refractivity contribution is 7.99. The summed E-state index contributed by atoms with van der Waals surface area (Å²) in [5.41, 5.74) is 1.56. The standard InChI is InChI=1S/C21H23N3O4S3/c25-21(19-18(7-11-30-19)31(26,27)24-9-12-29-13-10-24)23-8-3-4-15(14-23)20-22-16-5-1-2-6-17(16)28-20/h1-2,5-7,11,15H,3-4,8-10,12-14H2. The number of rotatable bonds is 4. The van der Waals surface area contributed by atoms with Crippen molar-refractivity contribution in [2.45, 2.75) is 23.7 Å². The summed E-state index contributed by atoms with van der Waals surface area (Å²) in [5.74, 6) is 1.99. The van der Waals surface area contributed by atoms with Gasteiger partial charge >= 0.3 is 0 Å². The summed E-state index contributed by atoms with van der Waals surface area (Å²) >= 11 is 2.95. The second kappa shape index (κ2) is 8.57. The van der Waals surface area contributed by atoms with Crippen LogP contribution in [0.3, 0.4) is 0 Å². The van der Waals surface area contributed by atoms with E-state index in [0.29, 0.717) is 36.9 Å². The van der Waals surface area contributed by atoms with E-state index in [4.69, 9.17) is 4.42 Å². The third-order valence-corrected chi connectivity index (χ3v) is 9.69. The van der Waals surface area contributed by atoms with Crippen LogP contribution in [0.25, 0.3) is 11.1 Å². The first kappa shape index (κ1) is 21.0. The molecule has 2 aliphatic heterocycles. The van der Waals surface area contributed by atoms with Gasteiger partial charge in [0.25, 0.3) is 5.91 Å². The Bertz CT molecular complexity index is 1160. The number of benzene rings is 1. The fourth-order valence-corrected chi connectivity index (χ4v) is 8.09. The minimum Gasteiger partial charge on any atom is -0.440 e. The van der Waals surface area contributed by atoms with Gasteiger partial charge in [-0.25, -0.2) is 13.4 Å². The largest absolute Gasteiger partial charge is 0.440 e. The van der Waals surface area contributed by atoms with Crippen molar-refractivity contribution < 1.29 is 17.6 Å². The number of carbonyl (C=O) groups excluding carboxylic acids is 1. The third-order valence-electron chi connectivity index (χ3n) is 5.78. The number of sulfonamides is 1. The molecule has 2 aliphatic rings. The molecule has 1 unspecified atom stereocenters. The monoisotopic (exact) mass is 477 g/mol. The smallest absolute Gasteiger partial charge is 0.265 e. The number of thiophene rings is 1. The zero-order chi connectivity index (χ0) is 21.4. The number of carbonyl (C=O) groups is 1. The highest BCUT2D eigenvalue weighted by Gasteiger charge is 2.35. The molecular formula is C21H23N3O4S3. The SMILES string of the molecule is O=C(c1sccc1S(=O)(=O)N1CCSCC1)N1CCCC(c2nc3ccccc3o2)C1. The van der Waals surface area contributed by atoms with Crippen LogP contribution in [0.5, 0.6) is 0 Å². The molecule has 31 heavy (non-hydrogen) atoms. The average Bonchev–Trinajstić information content (AvgIpc) is 3.47. The topological polar surface area (TPSA) is 83.7 Å². The van der Waals surface area contributed by atoms with Crippen LogP contribution >= 0.6 is 23.1 Å². The van der Waals surface area contributed by atoms with Crippen molar-refractivity contribution in [1.29, 1.82) is 0 Å². The Balaban J connectivity index is 1.37. The normalized spacial score (nSPS) is 20.9. The van der Waals surface area contributed by atoms with Crippen molar-refractivity contribution in [2.75, 3.05) is 37.7 Å². The number of likely N-dealkylation sites (tertiary alicyclic amines) is 1. The molecule has 0 N–H and O–H groups in total. The maximum absolute atomic E-state index is 13.4. The average molecular weight is 478 g/mol. The first-order valence-electron chi connectivity index (χ1n) is 10.3. The Morgan fingerprint density at radius 1 is 1.13 bits per heavy atom. The van der Waals surface area contributed by atoms with Gasteiger partial charge in [0.1, 0.15) is 15.3 Å². The molecule has 2 fully saturated rings. The predicted molar refractivity (Wildman–Crippen MR) is 122 cm³/mol. The van der Waals surface area contributed by atoms with E-state index in [2.05, 4.69) is 4.98 Å². The summed E-state index contributed by atoms with van der Waals surface area (Å²) in [7, 11) is -3.66. The van der Waals surface area contributed by atoms with Gasteiger partial charge < -0.3 is 9.32 Å². The van der Waals surface area contributed by atoms with Crippen molar-refractivity contribution in [2.24, 2.45) is 0 Å². The lowest BCUT2D eigenvalue weighted by atomic mass is 9.98. The van der Waals surface area contributed by atoms with Gasteiger partial charge in [0.15, 0.2) is 11.5 Å². The molecule has 0 saturated carbocycles. The van der Waals surface area contributed by atoms with Crippen LogP contribution in [0.2, 0.25) is 0 Å². The van der Waals surface area contributed by atoms with E-state index >= 15 is 0 Å². The summed E-state index contributed by atoms with van der Waals surface area (Å²) in [4.78, 5) is 20.2. The number of thioether (sulfide) groups is 1. The lowest BCUT2D eigenvalue weighted by molar-refractivity contribution is 0.0700.